The van der Waals surface area contributed by atoms with Crippen LogP contribution in [0.4, 0.5) is 5.69 Å². The number of hydrogen-bond acceptors (Lipinski definition) is 3. The number of aliphatic hydroxyl groups excluding tert-OH is 1. The summed E-state index contributed by atoms with van der Waals surface area (Å²) >= 11 is 5.85. The molecule has 0 heterocycles. The third kappa shape index (κ3) is 4.81. The standard InChI is InChI=1S/C15H16ClNO2/c16-12-5-4-8-15(9-12)19-11-14(18)10-17-13-6-2-1-3-7-13/h1-9,14,17-18H,10-11H2. The number of benzene rings is 2. The molecule has 1 atom stereocenters. The van der Waals surface area contributed by atoms with E-state index in [1.54, 1.807) is 12.1 Å². The number of nitrogens with one attached hydrogen (secondary N) is 1. The lowest BCUT2D eigenvalue weighted by Gasteiger charge is -2.14. The van der Waals surface area contributed by atoms with Crippen LogP contribution in [0, 0.1) is 0 Å². The SMILES string of the molecule is OC(CNc1ccccc1)COc1cccc(Cl)c1. The molecule has 0 radical (unpaired) electrons. The zero-order chi connectivity index (χ0) is 13.5. The summed E-state index contributed by atoms with van der Waals surface area (Å²) in [6, 6.07) is 16.9. The van der Waals surface area contributed by atoms with Gasteiger partial charge in [-0.05, 0) is 30.3 Å². The van der Waals surface area contributed by atoms with Gasteiger partial charge in [-0.15, -0.1) is 0 Å². The van der Waals surface area contributed by atoms with E-state index >= 15 is 0 Å². The number of aliphatic hydroxyl groups is 1. The van der Waals surface area contributed by atoms with E-state index in [4.69, 9.17) is 16.3 Å². The molecule has 0 saturated carbocycles. The molecule has 2 aromatic carbocycles. The molecule has 0 aliphatic carbocycles. The maximum Gasteiger partial charge on any atom is 0.120 e. The first-order chi connectivity index (χ1) is 9.24. The summed E-state index contributed by atoms with van der Waals surface area (Å²) < 4.78 is 5.46. The van der Waals surface area contributed by atoms with Gasteiger partial charge in [-0.25, -0.2) is 0 Å². The van der Waals surface area contributed by atoms with Crippen LogP contribution in [0.3, 0.4) is 0 Å². The van der Waals surface area contributed by atoms with Crippen LogP contribution in [0.15, 0.2) is 54.6 Å². The minimum atomic E-state index is -0.584. The number of hydrogen-bond donors (Lipinski definition) is 2. The van der Waals surface area contributed by atoms with Gasteiger partial charge in [0.05, 0.1) is 0 Å². The molecule has 0 aromatic heterocycles. The molecule has 0 amide bonds. The fourth-order valence-corrected chi connectivity index (χ4v) is 1.78. The second-order valence-corrected chi connectivity index (χ2v) is 4.61. The van der Waals surface area contributed by atoms with Gasteiger partial charge in [-0.3, -0.25) is 0 Å². The maximum atomic E-state index is 9.82. The van der Waals surface area contributed by atoms with Crippen molar-refractivity contribution in [3.05, 3.63) is 59.6 Å². The number of halogens is 1. The summed E-state index contributed by atoms with van der Waals surface area (Å²) in [5.41, 5.74) is 0.976. The van der Waals surface area contributed by atoms with Gasteiger partial charge in [-0.2, -0.15) is 0 Å². The zero-order valence-electron chi connectivity index (χ0n) is 10.4. The van der Waals surface area contributed by atoms with Crippen molar-refractivity contribution in [1.29, 1.82) is 0 Å². The van der Waals surface area contributed by atoms with E-state index in [2.05, 4.69) is 5.32 Å². The third-order valence-electron chi connectivity index (χ3n) is 2.55. The quantitative estimate of drug-likeness (QED) is 0.852. The number of anilines is 1. The van der Waals surface area contributed by atoms with Crippen LogP contribution in [0.25, 0.3) is 0 Å². The van der Waals surface area contributed by atoms with Crippen LogP contribution in [0.5, 0.6) is 5.75 Å². The van der Waals surface area contributed by atoms with Crippen molar-refractivity contribution in [2.45, 2.75) is 6.10 Å². The molecule has 0 bridgehead atoms. The summed E-state index contributed by atoms with van der Waals surface area (Å²) in [6.07, 6.45) is -0.584. The van der Waals surface area contributed by atoms with E-state index in [0.29, 0.717) is 17.3 Å². The highest BCUT2D eigenvalue weighted by Crippen LogP contribution is 2.17. The second kappa shape index (κ2) is 7.02. The van der Waals surface area contributed by atoms with Crippen LogP contribution in [0.2, 0.25) is 5.02 Å². The number of ether oxygens (including phenoxy) is 1. The fourth-order valence-electron chi connectivity index (χ4n) is 1.60. The average molecular weight is 278 g/mol. The topological polar surface area (TPSA) is 41.5 Å². The molecular weight excluding hydrogens is 262 g/mol. The Morgan fingerprint density at radius 2 is 1.89 bits per heavy atom. The van der Waals surface area contributed by atoms with E-state index < -0.39 is 6.10 Å². The Balaban J connectivity index is 1.74. The van der Waals surface area contributed by atoms with E-state index in [9.17, 15) is 5.11 Å². The molecule has 0 aliphatic rings. The van der Waals surface area contributed by atoms with Crippen LogP contribution in [-0.4, -0.2) is 24.4 Å². The molecule has 0 saturated heterocycles. The summed E-state index contributed by atoms with van der Waals surface area (Å²) in [6.45, 7) is 0.657. The molecule has 0 aliphatic heterocycles. The Bertz CT molecular complexity index is 505. The van der Waals surface area contributed by atoms with Gasteiger partial charge in [0, 0.05) is 17.3 Å². The predicted octanol–water partition coefficient (Wildman–Crippen LogP) is 3.19. The molecule has 4 heteroatoms. The molecule has 1 unspecified atom stereocenters. The van der Waals surface area contributed by atoms with E-state index in [1.807, 2.05) is 42.5 Å². The minimum Gasteiger partial charge on any atom is -0.491 e. The van der Waals surface area contributed by atoms with Gasteiger partial charge in [0.1, 0.15) is 18.5 Å². The van der Waals surface area contributed by atoms with Gasteiger partial charge < -0.3 is 15.2 Å². The average Bonchev–Trinajstić information content (AvgIpc) is 2.44. The van der Waals surface area contributed by atoms with Crippen molar-refractivity contribution in [3.63, 3.8) is 0 Å². The van der Waals surface area contributed by atoms with Crippen LogP contribution < -0.4 is 10.1 Å². The minimum absolute atomic E-state index is 0.222. The predicted molar refractivity (Wildman–Crippen MR) is 77.9 cm³/mol. The van der Waals surface area contributed by atoms with E-state index in [0.717, 1.165) is 5.69 Å². The highest BCUT2D eigenvalue weighted by molar-refractivity contribution is 6.30. The first-order valence-corrected chi connectivity index (χ1v) is 6.47. The molecule has 3 nitrogen and oxygen atoms in total. The first kappa shape index (κ1) is 13.7. The lowest BCUT2D eigenvalue weighted by Crippen LogP contribution is -2.26. The maximum absolute atomic E-state index is 9.82. The van der Waals surface area contributed by atoms with Gasteiger partial charge >= 0.3 is 0 Å². The van der Waals surface area contributed by atoms with Crippen LogP contribution in [0.1, 0.15) is 0 Å². The largest absolute Gasteiger partial charge is 0.491 e. The molecule has 19 heavy (non-hydrogen) atoms. The smallest absolute Gasteiger partial charge is 0.120 e. The number of rotatable bonds is 6. The van der Waals surface area contributed by atoms with Crippen molar-refractivity contribution in [2.75, 3.05) is 18.5 Å². The lowest BCUT2D eigenvalue weighted by atomic mass is 10.3. The summed E-state index contributed by atoms with van der Waals surface area (Å²) in [4.78, 5) is 0. The van der Waals surface area contributed by atoms with Crippen molar-refractivity contribution < 1.29 is 9.84 Å². The normalized spacial score (nSPS) is 11.9. The first-order valence-electron chi connectivity index (χ1n) is 6.09. The molecule has 2 aromatic rings. The molecule has 2 rings (SSSR count). The zero-order valence-corrected chi connectivity index (χ0v) is 11.2. The number of para-hydroxylation sites is 1. The van der Waals surface area contributed by atoms with Gasteiger partial charge in [-0.1, -0.05) is 35.9 Å². The van der Waals surface area contributed by atoms with Gasteiger partial charge in [0.15, 0.2) is 0 Å². The fraction of sp³-hybridized carbons (Fsp3) is 0.200. The molecule has 0 spiro atoms. The molecule has 0 fully saturated rings. The van der Waals surface area contributed by atoms with E-state index in [1.165, 1.54) is 0 Å². The Hall–Kier alpha value is -1.71. The summed E-state index contributed by atoms with van der Waals surface area (Å²) in [5, 5.41) is 13.6. The molecule has 100 valence electrons. The lowest BCUT2D eigenvalue weighted by molar-refractivity contribution is 0.117. The summed E-state index contributed by atoms with van der Waals surface area (Å²) in [5.74, 6) is 0.659. The third-order valence-corrected chi connectivity index (χ3v) is 2.79. The van der Waals surface area contributed by atoms with Crippen molar-refractivity contribution >= 4 is 17.3 Å². The van der Waals surface area contributed by atoms with Crippen molar-refractivity contribution in [2.24, 2.45) is 0 Å². The Morgan fingerprint density at radius 1 is 1.11 bits per heavy atom. The Morgan fingerprint density at radius 3 is 2.63 bits per heavy atom. The van der Waals surface area contributed by atoms with Gasteiger partial charge in [0.2, 0.25) is 0 Å². The Kier molecular flexibility index (Phi) is 5.07. The van der Waals surface area contributed by atoms with Gasteiger partial charge in [0.25, 0.3) is 0 Å². The van der Waals surface area contributed by atoms with Crippen LogP contribution in [-0.2, 0) is 0 Å². The Labute approximate surface area is 117 Å². The van der Waals surface area contributed by atoms with Crippen molar-refractivity contribution in [3.8, 4) is 5.75 Å². The summed E-state index contributed by atoms with van der Waals surface area (Å²) in [7, 11) is 0. The van der Waals surface area contributed by atoms with E-state index in [-0.39, 0.29) is 6.61 Å². The monoisotopic (exact) mass is 277 g/mol. The second-order valence-electron chi connectivity index (χ2n) is 4.17. The van der Waals surface area contributed by atoms with Crippen molar-refractivity contribution in [1.82, 2.24) is 0 Å². The molecular formula is C15H16ClNO2. The van der Waals surface area contributed by atoms with Crippen LogP contribution >= 0.6 is 11.6 Å². The highest BCUT2D eigenvalue weighted by atomic mass is 35.5. The molecule has 2 N–H and O–H groups in total. The highest BCUT2D eigenvalue weighted by Gasteiger charge is 2.05.